The number of hydrogen-bond donors (Lipinski definition) is 0. The second-order valence-electron chi connectivity index (χ2n) is 2.84. The maximum atomic E-state index is 5.69. The predicted molar refractivity (Wildman–Crippen MR) is 25.8 cm³/mol. The Bertz CT molecular complexity index is 70.9. The van der Waals surface area contributed by atoms with Gasteiger partial charge in [0.15, 0.2) is 0 Å². The first kappa shape index (κ1) is 3.12. The summed E-state index contributed by atoms with van der Waals surface area (Å²) in [7, 11) is 5.69. The summed E-state index contributed by atoms with van der Waals surface area (Å²) in [5.74, 6) is 1.05. The van der Waals surface area contributed by atoms with Crippen molar-refractivity contribution in [3.05, 3.63) is 0 Å². The van der Waals surface area contributed by atoms with Crippen LogP contribution in [0.5, 0.6) is 0 Å². The lowest BCUT2D eigenvalue weighted by Crippen LogP contribution is -2.45. The van der Waals surface area contributed by atoms with Gasteiger partial charge in [-0.05, 0) is 5.92 Å². The highest BCUT2D eigenvalue weighted by molar-refractivity contribution is 6.17. The fourth-order valence-electron chi connectivity index (χ4n) is 1.55. The summed E-state index contributed by atoms with van der Waals surface area (Å²) in [6.45, 7) is 0. The molecule has 30 valence electrons. The first-order valence-electron chi connectivity index (χ1n) is 2.57. The molecule has 2 radical (unpaired) electrons. The van der Waals surface area contributed by atoms with Crippen molar-refractivity contribution < 1.29 is 0 Å². The molecule has 0 N–H and O–H groups in total. The largest absolute Gasteiger partial charge is 0.0746 e. The monoisotopic (exact) mass is 78.1 g/mol. The van der Waals surface area contributed by atoms with E-state index >= 15 is 0 Å². The summed E-state index contributed by atoms with van der Waals surface area (Å²) in [6.07, 6.45) is 3.98. The van der Waals surface area contributed by atoms with E-state index in [1.807, 2.05) is 0 Å². The summed E-state index contributed by atoms with van der Waals surface area (Å²) in [4.78, 5) is 0. The van der Waals surface area contributed by atoms with Gasteiger partial charge in [0.05, 0.1) is 7.85 Å². The van der Waals surface area contributed by atoms with E-state index in [0.29, 0.717) is 5.31 Å². The first-order chi connectivity index (χ1) is 2.79. The molecule has 0 atom stereocenters. The Hall–Kier alpha value is 0.0649. The van der Waals surface area contributed by atoms with E-state index in [-0.39, 0.29) is 0 Å². The van der Waals surface area contributed by atoms with Crippen LogP contribution in [0.15, 0.2) is 0 Å². The molecule has 3 saturated carbocycles. The average molecular weight is 77.9 g/mol. The molecule has 0 heterocycles. The van der Waals surface area contributed by atoms with Crippen molar-refractivity contribution in [1.29, 1.82) is 0 Å². The molecule has 0 aliphatic heterocycles. The zero-order valence-electron chi connectivity index (χ0n) is 3.78. The van der Waals surface area contributed by atoms with Gasteiger partial charge in [-0.1, -0.05) is 24.6 Å². The second kappa shape index (κ2) is 0.575. The van der Waals surface area contributed by atoms with E-state index in [1.165, 1.54) is 19.3 Å². The van der Waals surface area contributed by atoms with Gasteiger partial charge in [0.1, 0.15) is 0 Å². The molecule has 0 unspecified atom stereocenters. The zero-order chi connectivity index (χ0) is 4.20. The Kier molecular flexibility index (Phi) is 0.299. The van der Waals surface area contributed by atoms with Crippen LogP contribution >= 0.6 is 0 Å². The molecule has 6 heavy (non-hydrogen) atoms. The summed E-state index contributed by atoms with van der Waals surface area (Å²) in [5.41, 5.74) is 0. The van der Waals surface area contributed by atoms with Crippen molar-refractivity contribution in [2.45, 2.75) is 24.6 Å². The zero-order valence-corrected chi connectivity index (χ0v) is 3.78. The van der Waals surface area contributed by atoms with Crippen molar-refractivity contribution in [2.24, 2.45) is 5.92 Å². The SMILES string of the molecule is [B]C12CC(C1)C2. The minimum atomic E-state index is 0.366. The first-order valence-corrected chi connectivity index (χ1v) is 2.57. The van der Waals surface area contributed by atoms with E-state index in [4.69, 9.17) is 7.85 Å². The molecule has 3 aliphatic rings. The fourth-order valence-corrected chi connectivity index (χ4v) is 1.55. The smallest absolute Gasteiger partial charge is 0.0653 e. The van der Waals surface area contributed by atoms with Crippen LogP contribution in [0.25, 0.3) is 0 Å². The molecule has 0 spiro atoms. The van der Waals surface area contributed by atoms with Crippen molar-refractivity contribution >= 4 is 7.85 Å². The average Bonchev–Trinajstić information content (AvgIpc) is 1.24. The van der Waals surface area contributed by atoms with Crippen LogP contribution in [-0.4, -0.2) is 7.85 Å². The Morgan fingerprint density at radius 3 is 1.67 bits per heavy atom. The molecule has 0 nitrogen and oxygen atoms in total. The highest BCUT2D eigenvalue weighted by atomic mass is 14.5. The maximum Gasteiger partial charge on any atom is 0.0746 e. The normalized spacial score (nSPS) is 62.3. The van der Waals surface area contributed by atoms with Gasteiger partial charge in [-0.25, -0.2) is 0 Å². The van der Waals surface area contributed by atoms with Crippen LogP contribution < -0.4 is 0 Å². The molecule has 0 saturated heterocycles. The van der Waals surface area contributed by atoms with Gasteiger partial charge < -0.3 is 0 Å². The Balaban J connectivity index is 2.19. The van der Waals surface area contributed by atoms with Crippen molar-refractivity contribution in [1.82, 2.24) is 0 Å². The van der Waals surface area contributed by atoms with Gasteiger partial charge in [-0.15, -0.1) is 0 Å². The molecule has 3 aliphatic carbocycles. The van der Waals surface area contributed by atoms with E-state index in [0.717, 1.165) is 5.92 Å². The highest BCUT2D eigenvalue weighted by Gasteiger charge is 2.51. The third-order valence-corrected chi connectivity index (χ3v) is 2.09. The van der Waals surface area contributed by atoms with Gasteiger partial charge in [-0.3, -0.25) is 0 Å². The van der Waals surface area contributed by atoms with Crippen LogP contribution in [0.4, 0.5) is 0 Å². The van der Waals surface area contributed by atoms with Gasteiger partial charge >= 0.3 is 0 Å². The molecular weight excluding hydrogens is 70.9 g/mol. The third kappa shape index (κ3) is 0.168. The minimum absolute atomic E-state index is 0.366. The summed E-state index contributed by atoms with van der Waals surface area (Å²) >= 11 is 0. The van der Waals surface area contributed by atoms with Crippen LogP contribution in [0, 0.1) is 5.92 Å². The predicted octanol–water partition coefficient (Wildman–Crippen LogP) is 1.13. The van der Waals surface area contributed by atoms with Gasteiger partial charge in [0.25, 0.3) is 0 Å². The number of hydrogen-bond acceptors (Lipinski definition) is 0. The molecule has 1 heteroatoms. The molecule has 0 aromatic heterocycles. The third-order valence-electron chi connectivity index (χ3n) is 2.09. The lowest BCUT2D eigenvalue weighted by Gasteiger charge is -2.60. The van der Waals surface area contributed by atoms with Gasteiger partial charge in [0, 0.05) is 0 Å². The van der Waals surface area contributed by atoms with Gasteiger partial charge in [-0.2, -0.15) is 0 Å². The van der Waals surface area contributed by atoms with E-state index in [9.17, 15) is 0 Å². The van der Waals surface area contributed by atoms with E-state index < -0.39 is 0 Å². The van der Waals surface area contributed by atoms with Crippen LogP contribution in [0.1, 0.15) is 19.3 Å². The maximum absolute atomic E-state index is 5.69. The summed E-state index contributed by atoms with van der Waals surface area (Å²) in [6, 6.07) is 0. The molecular formula is C5H7B. The van der Waals surface area contributed by atoms with Crippen molar-refractivity contribution in [3.8, 4) is 0 Å². The molecule has 0 aromatic rings. The summed E-state index contributed by atoms with van der Waals surface area (Å²) < 4.78 is 0. The van der Waals surface area contributed by atoms with Crippen molar-refractivity contribution in [2.75, 3.05) is 0 Å². The lowest BCUT2D eigenvalue weighted by molar-refractivity contribution is 0.0410. The molecule has 2 bridgehead atoms. The lowest BCUT2D eigenvalue weighted by atomic mass is 9.36. The second-order valence-corrected chi connectivity index (χ2v) is 2.84. The van der Waals surface area contributed by atoms with Gasteiger partial charge in [0.2, 0.25) is 0 Å². The fraction of sp³-hybridized carbons (Fsp3) is 1.00. The highest BCUT2D eigenvalue weighted by Crippen LogP contribution is 2.68. The van der Waals surface area contributed by atoms with Crippen LogP contribution in [-0.2, 0) is 0 Å². The number of rotatable bonds is 0. The molecule has 0 amide bonds. The Morgan fingerprint density at radius 2 is 1.67 bits per heavy atom. The van der Waals surface area contributed by atoms with Crippen LogP contribution in [0.2, 0.25) is 5.31 Å². The topological polar surface area (TPSA) is 0 Å². The summed E-state index contributed by atoms with van der Waals surface area (Å²) in [5, 5.41) is 0.366. The quantitative estimate of drug-likeness (QED) is 0.381. The molecule has 3 fully saturated rings. The standard InChI is InChI=1S/C5H7B/c6-5-1-4(2-5)3-5/h4H,1-3H2. The van der Waals surface area contributed by atoms with E-state index in [2.05, 4.69) is 0 Å². The molecule has 0 aromatic carbocycles. The van der Waals surface area contributed by atoms with Crippen LogP contribution in [0.3, 0.4) is 0 Å². The van der Waals surface area contributed by atoms with Crippen molar-refractivity contribution in [3.63, 3.8) is 0 Å². The minimum Gasteiger partial charge on any atom is -0.0653 e. The molecule has 3 rings (SSSR count). The Morgan fingerprint density at radius 1 is 1.33 bits per heavy atom. The van der Waals surface area contributed by atoms with E-state index in [1.54, 1.807) is 0 Å². The Labute approximate surface area is 39.3 Å².